The molecule has 0 aromatic carbocycles. The van der Waals surface area contributed by atoms with Crippen LogP contribution in [0.25, 0.3) is 0 Å². The monoisotopic (exact) mass is 449 g/mol. The van der Waals surface area contributed by atoms with Crippen LogP contribution >= 0.6 is 0 Å². The average Bonchev–Trinajstić information content (AvgIpc) is 2.65. The minimum atomic E-state index is -5.27. The summed E-state index contributed by atoms with van der Waals surface area (Å²) < 4.78 is 86.1. The summed E-state index contributed by atoms with van der Waals surface area (Å²) in [5.74, 6) is 0.573. The number of hydrogen-bond donors (Lipinski definition) is 2. The van der Waals surface area contributed by atoms with E-state index in [4.69, 9.17) is 0 Å². The van der Waals surface area contributed by atoms with Crippen LogP contribution in [0, 0.1) is 5.92 Å². The third-order valence-corrected chi connectivity index (χ3v) is 6.94. The molecule has 2 saturated heterocycles. The van der Waals surface area contributed by atoms with Crippen molar-refractivity contribution in [3.05, 3.63) is 0 Å². The number of piperidine rings is 2. The van der Waals surface area contributed by atoms with Crippen LogP contribution in [0.15, 0.2) is 4.99 Å². The molecule has 0 aromatic rings. The predicted molar refractivity (Wildman–Crippen MR) is 99.2 cm³/mol. The van der Waals surface area contributed by atoms with Gasteiger partial charge in [0.25, 0.3) is 6.43 Å². The molecule has 7 nitrogen and oxygen atoms in total. The minimum absolute atomic E-state index is 0.0288. The van der Waals surface area contributed by atoms with Gasteiger partial charge < -0.3 is 10.6 Å². The molecular formula is C16H28F5N5O2S. The van der Waals surface area contributed by atoms with E-state index in [9.17, 15) is 30.4 Å². The van der Waals surface area contributed by atoms with Crippen molar-refractivity contribution >= 4 is 16.0 Å². The van der Waals surface area contributed by atoms with Crippen molar-refractivity contribution in [2.75, 3.05) is 46.3 Å². The van der Waals surface area contributed by atoms with Gasteiger partial charge in [-0.1, -0.05) is 0 Å². The molecule has 170 valence electrons. The Kier molecular flexibility index (Phi) is 8.47. The average molecular weight is 449 g/mol. The third-order valence-electron chi connectivity index (χ3n) is 5.31. The lowest BCUT2D eigenvalue weighted by molar-refractivity contribution is -0.0496. The van der Waals surface area contributed by atoms with Crippen LogP contribution in [0.4, 0.5) is 22.0 Å². The van der Waals surface area contributed by atoms with E-state index in [1.54, 1.807) is 11.9 Å². The van der Waals surface area contributed by atoms with E-state index in [2.05, 4.69) is 15.6 Å². The number of halogens is 5. The quantitative estimate of drug-likeness (QED) is 0.365. The fourth-order valence-corrected chi connectivity index (χ4v) is 4.57. The Balaban J connectivity index is 1.72. The van der Waals surface area contributed by atoms with E-state index >= 15 is 0 Å². The standard InChI is InChI=1S/C16H28F5N5O2S/c1-22-15(24-13-4-6-25(7-5-13)11-14(17)18)23-10-12-2-8-26(9-3-12)29(27,28)16(19,20)21/h12-14H,2-11H2,1H3,(H2,22,23,24). The Morgan fingerprint density at radius 3 is 2.17 bits per heavy atom. The summed E-state index contributed by atoms with van der Waals surface area (Å²) in [6, 6.07) is 0.105. The molecule has 0 bridgehead atoms. The molecule has 2 aliphatic heterocycles. The molecule has 13 heteroatoms. The van der Waals surface area contributed by atoms with Crippen LogP contribution in [0.1, 0.15) is 25.7 Å². The lowest BCUT2D eigenvalue weighted by atomic mass is 9.98. The first-order valence-electron chi connectivity index (χ1n) is 9.57. The molecule has 0 amide bonds. The van der Waals surface area contributed by atoms with Crippen LogP contribution in [0.5, 0.6) is 0 Å². The maximum Gasteiger partial charge on any atom is 0.511 e. The Bertz CT molecular complexity index is 643. The van der Waals surface area contributed by atoms with E-state index in [1.807, 2.05) is 0 Å². The minimum Gasteiger partial charge on any atom is -0.356 e. The third kappa shape index (κ3) is 6.92. The van der Waals surface area contributed by atoms with Crippen LogP contribution in [-0.4, -0.2) is 87.9 Å². The maximum atomic E-state index is 12.6. The van der Waals surface area contributed by atoms with Crippen LogP contribution in [0.2, 0.25) is 0 Å². The van der Waals surface area contributed by atoms with Gasteiger partial charge in [0, 0.05) is 45.8 Å². The summed E-state index contributed by atoms with van der Waals surface area (Å²) >= 11 is 0. The van der Waals surface area contributed by atoms with E-state index < -0.39 is 22.0 Å². The number of sulfonamides is 1. The number of aliphatic imine (C=N–C) groups is 1. The molecule has 0 unspecified atom stereocenters. The van der Waals surface area contributed by atoms with Gasteiger partial charge in [-0.2, -0.15) is 17.5 Å². The van der Waals surface area contributed by atoms with Gasteiger partial charge in [-0.25, -0.2) is 17.2 Å². The summed E-state index contributed by atoms with van der Waals surface area (Å²) in [5.41, 5.74) is -5.27. The number of guanidine groups is 1. The summed E-state index contributed by atoms with van der Waals surface area (Å²) in [4.78, 5) is 5.85. The predicted octanol–water partition coefficient (Wildman–Crippen LogP) is 1.44. The first-order chi connectivity index (χ1) is 13.5. The van der Waals surface area contributed by atoms with Crippen molar-refractivity contribution in [3.63, 3.8) is 0 Å². The topological polar surface area (TPSA) is 77.0 Å². The first-order valence-corrected chi connectivity index (χ1v) is 11.0. The van der Waals surface area contributed by atoms with E-state index in [1.165, 1.54) is 0 Å². The van der Waals surface area contributed by atoms with Crippen molar-refractivity contribution in [1.82, 2.24) is 19.8 Å². The molecule has 2 aliphatic rings. The smallest absolute Gasteiger partial charge is 0.356 e. The molecule has 0 aromatic heterocycles. The van der Waals surface area contributed by atoms with Crippen LogP contribution < -0.4 is 10.6 Å². The van der Waals surface area contributed by atoms with Gasteiger partial charge in [-0.15, -0.1) is 0 Å². The fourth-order valence-electron chi connectivity index (χ4n) is 3.58. The van der Waals surface area contributed by atoms with Gasteiger partial charge in [0.15, 0.2) is 5.96 Å². The fraction of sp³-hybridized carbons (Fsp3) is 0.938. The van der Waals surface area contributed by atoms with Crippen molar-refractivity contribution < 1.29 is 30.4 Å². The lowest BCUT2D eigenvalue weighted by Crippen LogP contribution is -2.51. The van der Waals surface area contributed by atoms with Gasteiger partial charge in [-0.3, -0.25) is 9.89 Å². The molecule has 0 radical (unpaired) electrons. The molecule has 0 aliphatic carbocycles. The van der Waals surface area contributed by atoms with Crippen molar-refractivity contribution in [1.29, 1.82) is 0 Å². The van der Waals surface area contributed by atoms with E-state index in [0.717, 1.165) is 0 Å². The summed E-state index contributed by atoms with van der Waals surface area (Å²) in [6.07, 6.45) is -0.273. The normalized spacial score (nSPS) is 22.2. The highest BCUT2D eigenvalue weighted by atomic mass is 32.2. The first kappa shape index (κ1) is 24.1. The zero-order valence-corrected chi connectivity index (χ0v) is 17.1. The Morgan fingerprint density at radius 1 is 1.10 bits per heavy atom. The highest BCUT2D eigenvalue weighted by molar-refractivity contribution is 7.90. The zero-order chi connectivity index (χ0) is 21.7. The molecule has 2 heterocycles. The van der Waals surface area contributed by atoms with Gasteiger partial charge in [0.1, 0.15) is 0 Å². The second-order valence-electron chi connectivity index (χ2n) is 7.36. The Labute approximate surface area is 167 Å². The molecule has 29 heavy (non-hydrogen) atoms. The van der Waals surface area contributed by atoms with E-state index in [-0.39, 0.29) is 31.6 Å². The number of alkyl halides is 5. The second-order valence-corrected chi connectivity index (χ2v) is 9.29. The molecular weight excluding hydrogens is 421 g/mol. The van der Waals surface area contributed by atoms with Crippen LogP contribution in [-0.2, 0) is 10.0 Å². The number of nitrogens with zero attached hydrogens (tertiary/aromatic N) is 3. The summed E-state index contributed by atoms with van der Waals surface area (Å²) in [5, 5.41) is 6.37. The molecule has 0 spiro atoms. The maximum absolute atomic E-state index is 12.6. The Hall–Kier alpha value is -1.21. The number of likely N-dealkylation sites (tertiary alicyclic amines) is 1. The number of nitrogens with one attached hydrogen (secondary N) is 2. The second kappa shape index (κ2) is 10.2. The summed E-state index contributed by atoms with van der Waals surface area (Å²) in [6.45, 7) is 1.06. The van der Waals surface area contributed by atoms with Gasteiger partial charge in [0.2, 0.25) is 0 Å². The van der Waals surface area contributed by atoms with Crippen LogP contribution in [0.3, 0.4) is 0 Å². The van der Waals surface area contributed by atoms with Crippen molar-refractivity contribution in [3.8, 4) is 0 Å². The molecule has 2 N–H and O–H groups in total. The van der Waals surface area contributed by atoms with Gasteiger partial charge >= 0.3 is 15.5 Å². The SMILES string of the molecule is CN=C(NCC1CCN(S(=O)(=O)C(F)(F)F)CC1)NC1CCN(CC(F)F)CC1. The largest absolute Gasteiger partial charge is 0.511 e. The summed E-state index contributed by atoms with van der Waals surface area (Å²) in [7, 11) is -3.67. The highest BCUT2D eigenvalue weighted by Crippen LogP contribution is 2.30. The van der Waals surface area contributed by atoms with Crippen molar-refractivity contribution in [2.45, 2.75) is 43.7 Å². The molecule has 0 atom stereocenters. The molecule has 2 fully saturated rings. The highest BCUT2D eigenvalue weighted by Gasteiger charge is 2.50. The van der Waals surface area contributed by atoms with Gasteiger partial charge in [0.05, 0.1) is 6.54 Å². The zero-order valence-electron chi connectivity index (χ0n) is 16.3. The molecule has 0 saturated carbocycles. The number of hydrogen-bond acceptors (Lipinski definition) is 4. The lowest BCUT2D eigenvalue weighted by Gasteiger charge is -2.34. The van der Waals surface area contributed by atoms with E-state index in [0.29, 0.717) is 55.6 Å². The Morgan fingerprint density at radius 2 is 1.69 bits per heavy atom. The van der Waals surface area contributed by atoms with Crippen molar-refractivity contribution in [2.24, 2.45) is 10.9 Å². The van der Waals surface area contributed by atoms with Gasteiger partial charge in [-0.05, 0) is 31.6 Å². The number of rotatable bonds is 6. The molecule has 2 rings (SSSR count).